The van der Waals surface area contributed by atoms with Crippen LogP contribution < -0.4 is 9.54 Å². The third kappa shape index (κ3) is 4.76. The molecule has 0 spiro atoms. The van der Waals surface area contributed by atoms with E-state index in [-0.39, 0.29) is 5.97 Å². The van der Waals surface area contributed by atoms with Crippen LogP contribution in [0.4, 0.5) is 0 Å². The molecular weight excluding hydrogens is 330 g/mol. The van der Waals surface area contributed by atoms with Crippen molar-refractivity contribution in [3.05, 3.63) is 29.1 Å². The third-order valence-corrected chi connectivity index (χ3v) is 4.19. The first-order valence-corrected chi connectivity index (χ1v) is 8.35. The van der Waals surface area contributed by atoms with Gasteiger partial charge in [-0.1, -0.05) is 11.3 Å². The van der Waals surface area contributed by atoms with Crippen molar-refractivity contribution in [2.24, 2.45) is 4.99 Å². The predicted molar refractivity (Wildman–Crippen MR) is 89.6 cm³/mol. The zero-order valence-corrected chi connectivity index (χ0v) is 14.4. The number of ether oxygens (including phenoxy) is 2. The molecule has 1 aromatic carbocycles. The van der Waals surface area contributed by atoms with E-state index in [2.05, 4.69) is 10.1 Å². The Morgan fingerprint density at radius 2 is 2.12 bits per heavy atom. The molecule has 0 N–H and O–H groups in total. The van der Waals surface area contributed by atoms with E-state index in [4.69, 9.17) is 9.47 Å². The average Bonchev–Trinajstić information content (AvgIpc) is 2.98. The third-order valence-electron chi connectivity index (χ3n) is 3.18. The molecule has 2 rings (SSSR count). The molecule has 0 bridgehead atoms. The zero-order valence-electron chi connectivity index (χ0n) is 13.6. The van der Waals surface area contributed by atoms with E-state index in [1.54, 1.807) is 18.7 Å². The molecule has 7 nitrogen and oxygen atoms in total. The highest BCUT2D eigenvalue weighted by Gasteiger charge is 2.09. The van der Waals surface area contributed by atoms with E-state index in [9.17, 15) is 9.59 Å². The topological polar surface area (TPSA) is 82.8 Å². The maximum atomic E-state index is 11.4. The summed E-state index contributed by atoms with van der Waals surface area (Å²) in [6.45, 7) is 2.63. The average molecular weight is 349 g/mol. The Balaban J connectivity index is 2.15. The second kappa shape index (κ2) is 8.97. The number of carbonyl (C=O) groups excluding carboxylic acids is 2. The molecule has 0 saturated carbocycles. The van der Waals surface area contributed by atoms with Crippen molar-refractivity contribution in [1.29, 1.82) is 0 Å². The molecule has 0 aliphatic heterocycles. The van der Waals surface area contributed by atoms with Gasteiger partial charge in [-0.05, 0) is 37.6 Å². The molecule has 1 amide bonds. The van der Waals surface area contributed by atoms with Crippen LogP contribution in [-0.2, 0) is 20.9 Å². The van der Waals surface area contributed by atoms with Gasteiger partial charge in [-0.15, -0.1) is 0 Å². The number of rotatable bonds is 8. The summed E-state index contributed by atoms with van der Waals surface area (Å²) in [5, 5.41) is 5.23. The van der Waals surface area contributed by atoms with E-state index in [1.807, 2.05) is 24.3 Å². The molecule has 0 unspecified atom stereocenters. The largest absolute Gasteiger partial charge is 0.497 e. The number of hydrogen-bond donors (Lipinski definition) is 0. The second-order valence-corrected chi connectivity index (χ2v) is 5.74. The van der Waals surface area contributed by atoms with Gasteiger partial charge in [0.25, 0.3) is 0 Å². The monoisotopic (exact) mass is 349 g/mol. The molecular formula is C16H19N3O4S. The number of nitrogens with zero attached hydrogens (tertiary/aromatic N) is 3. The smallest absolute Gasteiger partial charge is 0.305 e. The zero-order chi connectivity index (χ0) is 17.4. The van der Waals surface area contributed by atoms with Gasteiger partial charge in [0.05, 0.1) is 13.7 Å². The number of carbonyl (C=O) groups is 2. The maximum absolute atomic E-state index is 11.4. The summed E-state index contributed by atoms with van der Waals surface area (Å²) in [6, 6.07) is 7.48. The minimum absolute atomic E-state index is 0.238. The first kappa shape index (κ1) is 17.9. The van der Waals surface area contributed by atoms with Crippen LogP contribution in [0.15, 0.2) is 29.3 Å². The van der Waals surface area contributed by atoms with Crippen LogP contribution in [0, 0.1) is 0 Å². The quantitative estimate of drug-likeness (QED) is 0.538. The fourth-order valence-electron chi connectivity index (χ4n) is 2.05. The summed E-state index contributed by atoms with van der Waals surface area (Å²) in [5.74, 6) is 0.521. The molecule has 0 radical (unpaired) electrons. The van der Waals surface area contributed by atoms with Crippen LogP contribution in [0.3, 0.4) is 0 Å². The van der Waals surface area contributed by atoms with Gasteiger partial charge in [0.1, 0.15) is 10.8 Å². The van der Waals surface area contributed by atoms with Gasteiger partial charge in [-0.3, -0.25) is 9.59 Å². The summed E-state index contributed by atoms with van der Waals surface area (Å²) in [4.78, 5) is 26.4. The SMILES string of the molecule is CCOC(=O)CCCn1nc(-c2ccc(OC)cc2)sc1=NC=O. The van der Waals surface area contributed by atoms with E-state index in [0.717, 1.165) is 16.3 Å². The van der Waals surface area contributed by atoms with Crippen molar-refractivity contribution < 1.29 is 19.1 Å². The molecule has 24 heavy (non-hydrogen) atoms. The summed E-state index contributed by atoms with van der Waals surface area (Å²) in [5.41, 5.74) is 0.910. The molecule has 128 valence electrons. The summed E-state index contributed by atoms with van der Waals surface area (Å²) < 4.78 is 11.7. The van der Waals surface area contributed by atoms with Crippen molar-refractivity contribution in [2.75, 3.05) is 13.7 Å². The minimum Gasteiger partial charge on any atom is -0.497 e. The fourth-order valence-corrected chi connectivity index (χ4v) is 2.95. The summed E-state index contributed by atoms with van der Waals surface area (Å²) >= 11 is 1.32. The minimum atomic E-state index is -0.238. The number of amides is 1. The van der Waals surface area contributed by atoms with Gasteiger partial charge in [-0.25, -0.2) is 4.68 Å². The number of hydrogen-bond acceptors (Lipinski definition) is 6. The fraction of sp³-hybridized carbons (Fsp3) is 0.375. The van der Waals surface area contributed by atoms with Gasteiger partial charge in [0, 0.05) is 18.5 Å². The first-order valence-electron chi connectivity index (χ1n) is 7.53. The Morgan fingerprint density at radius 1 is 1.38 bits per heavy atom. The van der Waals surface area contributed by atoms with Gasteiger partial charge < -0.3 is 9.47 Å². The van der Waals surface area contributed by atoms with Crippen LogP contribution in [0.25, 0.3) is 10.6 Å². The van der Waals surface area contributed by atoms with Gasteiger partial charge >= 0.3 is 5.97 Å². The number of benzene rings is 1. The van der Waals surface area contributed by atoms with Crippen LogP contribution >= 0.6 is 11.3 Å². The van der Waals surface area contributed by atoms with E-state index < -0.39 is 0 Å². The number of aryl methyl sites for hydroxylation is 1. The summed E-state index contributed by atoms with van der Waals surface area (Å²) in [7, 11) is 1.61. The van der Waals surface area contributed by atoms with Crippen molar-refractivity contribution in [3.63, 3.8) is 0 Å². The molecule has 1 aromatic heterocycles. The lowest BCUT2D eigenvalue weighted by Gasteiger charge is -2.02. The number of esters is 1. The molecule has 0 atom stereocenters. The Morgan fingerprint density at radius 3 is 2.75 bits per heavy atom. The molecule has 1 heterocycles. The Bertz CT molecular complexity index is 749. The van der Waals surface area contributed by atoms with Gasteiger partial charge in [0.2, 0.25) is 11.2 Å². The van der Waals surface area contributed by atoms with Crippen molar-refractivity contribution in [2.45, 2.75) is 26.3 Å². The molecule has 0 aliphatic carbocycles. The molecule has 0 fully saturated rings. The molecule has 0 saturated heterocycles. The Kier molecular flexibility index (Phi) is 6.68. The lowest BCUT2D eigenvalue weighted by atomic mass is 10.2. The maximum Gasteiger partial charge on any atom is 0.305 e. The highest BCUT2D eigenvalue weighted by molar-refractivity contribution is 7.12. The van der Waals surface area contributed by atoms with E-state index in [1.165, 1.54) is 11.3 Å². The van der Waals surface area contributed by atoms with Crippen LogP contribution in [0.1, 0.15) is 19.8 Å². The van der Waals surface area contributed by atoms with E-state index in [0.29, 0.717) is 37.2 Å². The summed E-state index contributed by atoms with van der Waals surface area (Å²) in [6.07, 6.45) is 1.36. The number of methoxy groups -OCH3 is 1. The molecule has 8 heteroatoms. The molecule has 0 aliphatic rings. The lowest BCUT2D eigenvalue weighted by molar-refractivity contribution is -0.143. The van der Waals surface area contributed by atoms with Crippen molar-refractivity contribution >= 4 is 23.7 Å². The standard InChI is InChI=1S/C16H19N3O4S/c1-3-23-14(21)5-4-10-19-16(17-11-20)24-15(18-19)12-6-8-13(22-2)9-7-12/h6-9,11H,3-5,10H2,1-2H3. The second-order valence-electron chi connectivity index (χ2n) is 4.78. The van der Waals surface area contributed by atoms with E-state index >= 15 is 0 Å². The number of aromatic nitrogens is 2. The normalized spacial score (nSPS) is 11.3. The van der Waals surface area contributed by atoms with Crippen LogP contribution in [0.2, 0.25) is 0 Å². The van der Waals surface area contributed by atoms with Crippen molar-refractivity contribution in [1.82, 2.24) is 9.78 Å². The van der Waals surface area contributed by atoms with Crippen LogP contribution in [-0.4, -0.2) is 35.9 Å². The lowest BCUT2D eigenvalue weighted by Crippen LogP contribution is -2.17. The Labute approximate surface area is 143 Å². The Hall–Kier alpha value is -2.48. The highest BCUT2D eigenvalue weighted by atomic mass is 32.1. The van der Waals surface area contributed by atoms with Crippen molar-refractivity contribution in [3.8, 4) is 16.3 Å². The molecule has 2 aromatic rings. The van der Waals surface area contributed by atoms with Gasteiger partial charge in [-0.2, -0.15) is 10.1 Å². The predicted octanol–water partition coefficient (Wildman–Crippen LogP) is 2.02. The first-order chi connectivity index (χ1) is 11.7. The highest BCUT2D eigenvalue weighted by Crippen LogP contribution is 2.22. The van der Waals surface area contributed by atoms with Crippen LogP contribution in [0.5, 0.6) is 5.75 Å². The van der Waals surface area contributed by atoms with Gasteiger partial charge in [0.15, 0.2) is 0 Å².